The molecule has 96 valence electrons. The average Bonchev–Trinajstić information content (AvgIpc) is 2.70. The highest BCUT2D eigenvalue weighted by Gasteiger charge is 2.16. The van der Waals surface area contributed by atoms with Crippen LogP contribution in [0.2, 0.25) is 0 Å². The Labute approximate surface area is 112 Å². The van der Waals surface area contributed by atoms with Crippen LogP contribution in [0.5, 0.6) is 5.75 Å². The summed E-state index contributed by atoms with van der Waals surface area (Å²) in [7, 11) is 1.67. The Morgan fingerprint density at radius 3 is 2.61 bits per heavy atom. The lowest BCUT2D eigenvalue weighted by atomic mass is 10.1. The van der Waals surface area contributed by atoms with E-state index in [0.717, 1.165) is 11.3 Å². The average molecular weight is 262 g/mol. The molecule has 1 aromatic carbocycles. The lowest BCUT2D eigenvalue weighted by Crippen LogP contribution is -2.28. The van der Waals surface area contributed by atoms with Crippen molar-refractivity contribution in [2.24, 2.45) is 5.84 Å². The van der Waals surface area contributed by atoms with Crippen LogP contribution in [0.1, 0.15) is 26.9 Å². The van der Waals surface area contributed by atoms with Gasteiger partial charge >= 0.3 is 0 Å². The standard InChI is InChI=1S/C14H18N2OS/c1-9-7-13(18-10(9)2)14(16-15)11-5-4-6-12(8-11)17-3/h4-8,14,16H,15H2,1-3H3. The van der Waals surface area contributed by atoms with Crippen LogP contribution in [0.4, 0.5) is 0 Å². The Morgan fingerprint density at radius 1 is 1.28 bits per heavy atom. The highest BCUT2D eigenvalue weighted by Crippen LogP contribution is 2.31. The predicted octanol–water partition coefficient (Wildman–Crippen LogP) is 2.93. The van der Waals surface area contributed by atoms with Crippen molar-refractivity contribution in [3.63, 3.8) is 0 Å². The summed E-state index contributed by atoms with van der Waals surface area (Å²) in [4.78, 5) is 2.55. The molecule has 18 heavy (non-hydrogen) atoms. The van der Waals surface area contributed by atoms with Crippen LogP contribution in [0.25, 0.3) is 0 Å². The van der Waals surface area contributed by atoms with Crippen LogP contribution in [0, 0.1) is 13.8 Å². The number of rotatable bonds is 4. The maximum absolute atomic E-state index is 5.70. The highest BCUT2D eigenvalue weighted by molar-refractivity contribution is 7.12. The summed E-state index contributed by atoms with van der Waals surface area (Å²) in [6, 6.07) is 10.2. The lowest BCUT2D eigenvalue weighted by molar-refractivity contribution is 0.413. The van der Waals surface area contributed by atoms with Crippen molar-refractivity contribution in [1.82, 2.24) is 5.43 Å². The monoisotopic (exact) mass is 262 g/mol. The van der Waals surface area contributed by atoms with E-state index in [9.17, 15) is 0 Å². The van der Waals surface area contributed by atoms with Crippen LogP contribution in [-0.4, -0.2) is 7.11 Å². The van der Waals surface area contributed by atoms with E-state index >= 15 is 0 Å². The molecule has 0 aliphatic carbocycles. The van der Waals surface area contributed by atoms with E-state index in [0.29, 0.717) is 0 Å². The molecule has 0 amide bonds. The Balaban J connectivity index is 2.38. The van der Waals surface area contributed by atoms with Crippen molar-refractivity contribution in [2.45, 2.75) is 19.9 Å². The van der Waals surface area contributed by atoms with Gasteiger partial charge in [-0.3, -0.25) is 5.84 Å². The summed E-state index contributed by atoms with van der Waals surface area (Å²) in [5, 5.41) is 0. The molecule has 2 rings (SSSR count). The second-order valence-electron chi connectivity index (χ2n) is 4.26. The van der Waals surface area contributed by atoms with Gasteiger partial charge < -0.3 is 4.74 Å². The fourth-order valence-corrected chi connectivity index (χ4v) is 3.04. The van der Waals surface area contributed by atoms with Gasteiger partial charge in [-0.25, -0.2) is 5.43 Å². The zero-order valence-corrected chi connectivity index (χ0v) is 11.7. The molecule has 3 nitrogen and oxygen atoms in total. The third kappa shape index (κ3) is 2.56. The molecular formula is C14H18N2OS. The molecule has 0 aliphatic rings. The number of hydrogen-bond acceptors (Lipinski definition) is 4. The number of methoxy groups -OCH3 is 1. The van der Waals surface area contributed by atoms with E-state index in [1.54, 1.807) is 18.4 Å². The minimum absolute atomic E-state index is 0.0116. The van der Waals surface area contributed by atoms with Gasteiger partial charge in [0, 0.05) is 9.75 Å². The van der Waals surface area contributed by atoms with Gasteiger partial charge in [0.2, 0.25) is 0 Å². The molecule has 0 aliphatic heterocycles. The minimum Gasteiger partial charge on any atom is -0.497 e. The largest absolute Gasteiger partial charge is 0.497 e. The molecule has 0 fully saturated rings. The van der Waals surface area contributed by atoms with Crippen LogP contribution >= 0.6 is 11.3 Å². The molecule has 0 radical (unpaired) electrons. The van der Waals surface area contributed by atoms with E-state index in [1.807, 2.05) is 18.2 Å². The maximum Gasteiger partial charge on any atom is 0.119 e. The van der Waals surface area contributed by atoms with Crippen molar-refractivity contribution < 1.29 is 4.74 Å². The molecular weight excluding hydrogens is 244 g/mol. The molecule has 1 heterocycles. The van der Waals surface area contributed by atoms with Gasteiger partial charge in [0.15, 0.2) is 0 Å². The van der Waals surface area contributed by atoms with Crippen LogP contribution in [0.3, 0.4) is 0 Å². The number of aryl methyl sites for hydroxylation is 2. The summed E-state index contributed by atoms with van der Waals surface area (Å²) < 4.78 is 5.25. The minimum atomic E-state index is 0.0116. The van der Waals surface area contributed by atoms with Crippen LogP contribution < -0.4 is 16.0 Å². The Kier molecular flexibility index (Phi) is 4.01. The normalized spacial score (nSPS) is 12.4. The fourth-order valence-electron chi connectivity index (χ4n) is 1.91. The number of thiophene rings is 1. The van der Waals surface area contributed by atoms with E-state index in [4.69, 9.17) is 10.6 Å². The smallest absolute Gasteiger partial charge is 0.119 e. The molecule has 1 atom stereocenters. The Morgan fingerprint density at radius 2 is 2.06 bits per heavy atom. The Bertz CT molecular complexity index is 517. The maximum atomic E-state index is 5.70. The summed E-state index contributed by atoms with van der Waals surface area (Å²) >= 11 is 1.77. The van der Waals surface area contributed by atoms with Gasteiger partial charge in [-0.05, 0) is 43.2 Å². The second-order valence-corrected chi connectivity index (χ2v) is 5.55. The molecule has 0 saturated heterocycles. The highest BCUT2D eigenvalue weighted by atomic mass is 32.1. The number of benzene rings is 1. The predicted molar refractivity (Wildman–Crippen MR) is 76.0 cm³/mol. The van der Waals surface area contributed by atoms with E-state index in [2.05, 4.69) is 31.4 Å². The van der Waals surface area contributed by atoms with E-state index < -0.39 is 0 Å². The quantitative estimate of drug-likeness (QED) is 0.658. The number of nitrogens with one attached hydrogen (secondary N) is 1. The topological polar surface area (TPSA) is 47.3 Å². The SMILES string of the molecule is COc1cccc(C(NN)c2cc(C)c(C)s2)c1. The zero-order valence-electron chi connectivity index (χ0n) is 10.9. The molecule has 1 unspecified atom stereocenters. The lowest BCUT2D eigenvalue weighted by Gasteiger charge is -2.15. The number of nitrogens with two attached hydrogens (primary N) is 1. The molecule has 0 saturated carbocycles. The summed E-state index contributed by atoms with van der Waals surface area (Å²) in [6.45, 7) is 4.25. The van der Waals surface area contributed by atoms with E-state index in [-0.39, 0.29) is 6.04 Å². The van der Waals surface area contributed by atoms with Crippen LogP contribution in [-0.2, 0) is 0 Å². The van der Waals surface area contributed by atoms with Gasteiger partial charge in [0.1, 0.15) is 5.75 Å². The van der Waals surface area contributed by atoms with Gasteiger partial charge in [-0.1, -0.05) is 12.1 Å². The van der Waals surface area contributed by atoms with Crippen LogP contribution in [0.15, 0.2) is 30.3 Å². The molecule has 1 aromatic heterocycles. The number of hydrazine groups is 1. The molecule has 3 N–H and O–H groups in total. The second kappa shape index (κ2) is 5.52. The number of hydrogen-bond donors (Lipinski definition) is 2. The first kappa shape index (κ1) is 13.1. The molecule has 2 aromatic rings. The summed E-state index contributed by atoms with van der Waals surface area (Å²) in [5.74, 6) is 6.55. The van der Waals surface area contributed by atoms with Gasteiger partial charge in [0.25, 0.3) is 0 Å². The van der Waals surface area contributed by atoms with Gasteiger partial charge in [-0.15, -0.1) is 11.3 Å². The van der Waals surface area contributed by atoms with Gasteiger partial charge in [0.05, 0.1) is 13.2 Å². The Hall–Kier alpha value is -1.36. The zero-order chi connectivity index (χ0) is 13.1. The first-order valence-electron chi connectivity index (χ1n) is 5.82. The first-order valence-corrected chi connectivity index (χ1v) is 6.64. The molecule has 4 heteroatoms. The number of ether oxygens (including phenoxy) is 1. The third-order valence-electron chi connectivity index (χ3n) is 3.06. The third-order valence-corrected chi connectivity index (χ3v) is 4.28. The fraction of sp³-hybridized carbons (Fsp3) is 0.286. The summed E-state index contributed by atoms with van der Waals surface area (Å²) in [5.41, 5.74) is 5.29. The van der Waals surface area contributed by atoms with E-state index in [1.165, 1.54) is 15.3 Å². The van der Waals surface area contributed by atoms with Crippen molar-refractivity contribution in [2.75, 3.05) is 7.11 Å². The molecule has 0 spiro atoms. The first-order chi connectivity index (χ1) is 8.65. The van der Waals surface area contributed by atoms with Crippen molar-refractivity contribution in [1.29, 1.82) is 0 Å². The van der Waals surface area contributed by atoms with Gasteiger partial charge in [-0.2, -0.15) is 0 Å². The van der Waals surface area contributed by atoms with Crippen molar-refractivity contribution in [3.8, 4) is 5.75 Å². The summed E-state index contributed by atoms with van der Waals surface area (Å²) in [6.07, 6.45) is 0. The molecule has 0 bridgehead atoms. The van der Waals surface area contributed by atoms with Crippen molar-refractivity contribution in [3.05, 3.63) is 51.2 Å². The van der Waals surface area contributed by atoms with Crippen molar-refractivity contribution >= 4 is 11.3 Å².